The molecule has 1 N–H and O–H groups in total. The molecule has 0 aromatic carbocycles. The Labute approximate surface area is 133 Å². The van der Waals surface area contributed by atoms with E-state index < -0.39 is 5.54 Å². The third-order valence-electron chi connectivity index (χ3n) is 3.42. The molecule has 0 atom stereocenters. The molecule has 0 spiro atoms. The molecule has 7 heteroatoms. The molecule has 0 aliphatic carbocycles. The van der Waals surface area contributed by atoms with Gasteiger partial charge in [-0.25, -0.2) is 9.78 Å². The van der Waals surface area contributed by atoms with Crippen molar-refractivity contribution in [2.45, 2.75) is 38.3 Å². The number of pyridine rings is 1. The first kappa shape index (κ1) is 16.3. The maximum atomic E-state index is 12.1. The summed E-state index contributed by atoms with van der Waals surface area (Å²) in [5, 5.41) is 12.5. The van der Waals surface area contributed by atoms with E-state index in [1.165, 1.54) is 16.7 Å². The first-order valence-corrected chi connectivity index (χ1v) is 7.90. The van der Waals surface area contributed by atoms with Gasteiger partial charge in [-0.1, -0.05) is 0 Å². The summed E-state index contributed by atoms with van der Waals surface area (Å²) in [5.74, 6) is 0.270. The second-order valence-corrected chi connectivity index (χ2v) is 6.82. The van der Waals surface area contributed by atoms with Crippen molar-refractivity contribution >= 4 is 23.7 Å². The number of hydrogen-bond donors (Lipinski definition) is 1. The molecule has 22 heavy (non-hydrogen) atoms. The summed E-state index contributed by atoms with van der Waals surface area (Å²) in [4.78, 5) is 29.4. The lowest BCUT2D eigenvalue weighted by Crippen LogP contribution is -2.40. The largest absolute Gasteiger partial charge is 0.325 e. The molecule has 1 aliphatic heterocycles. The number of thioether (sulfide) groups is 1. The van der Waals surface area contributed by atoms with Crippen LogP contribution in [0.25, 0.3) is 0 Å². The molecule has 0 bridgehead atoms. The van der Waals surface area contributed by atoms with Crippen molar-refractivity contribution in [1.29, 1.82) is 5.26 Å². The van der Waals surface area contributed by atoms with Gasteiger partial charge in [0.2, 0.25) is 0 Å². The van der Waals surface area contributed by atoms with E-state index in [0.717, 1.165) is 11.3 Å². The van der Waals surface area contributed by atoms with E-state index in [1.807, 2.05) is 19.9 Å². The lowest BCUT2D eigenvalue weighted by atomic mass is 10.1. The molecule has 1 aromatic heterocycles. The number of rotatable bonds is 4. The Morgan fingerprint density at radius 1 is 1.41 bits per heavy atom. The molecule has 116 valence electrons. The van der Waals surface area contributed by atoms with Crippen LogP contribution in [0.5, 0.6) is 0 Å². The molecule has 0 radical (unpaired) electrons. The highest BCUT2D eigenvalue weighted by molar-refractivity contribution is 7.99. The number of carbonyl (C=O) groups is 2. The van der Waals surface area contributed by atoms with Gasteiger partial charge < -0.3 is 5.32 Å². The van der Waals surface area contributed by atoms with Gasteiger partial charge in [-0.15, -0.1) is 11.8 Å². The summed E-state index contributed by atoms with van der Waals surface area (Å²) in [5.41, 5.74) is 1.43. The average molecular weight is 318 g/mol. The maximum absolute atomic E-state index is 12.1. The fourth-order valence-electron chi connectivity index (χ4n) is 2.30. The molecule has 2 rings (SSSR count). The SMILES string of the molecule is Cc1cc(C)c(C#N)c(SCCN2C(=O)NC(C)(C)C2=O)n1. The Morgan fingerprint density at radius 2 is 2.09 bits per heavy atom. The Hall–Kier alpha value is -2.07. The van der Waals surface area contributed by atoms with Crippen molar-refractivity contribution in [3.05, 3.63) is 22.9 Å². The van der Waals surface area contributed by atoms with Gasteiger partial charge in [-0.05, 0) is 39.3 Å². The minimum Gasteiger partial charge on any atom is -0.324 e. The van der Waals surface area contributed by atoms with Crippen LogP contribution < -0.4 is 5.32 Å². The fraction of sp³-hybridized carbons (Fsp3) is 0.467. The Balaban J connectivity index is 2.05. The number of hydrogen-bond acceptors (Lipinski definition) is 5. The third kappa shape index (κ3) is 3.07. The van der Waals surface area contributed by atoms with Crippen LogP contribution in [0.4, 0.5) is 4.79 Å². The van der Waals surface area contributed by atoms with Gasteiger partial charge in [0, 0.05) is 18.0 Å². The summed E-state index contributed by atoms with van der Waals surface area (Å²) < 4.78 is 0. The van der Waals surface area contributed by atoms with Gasteiger partial charge in [0.1, 0.15) is 16.6 Å². The minimum absolute atomic E-state index is 0.230. The van der Waals surface area contributed by atoms with Gasteiger partial charge in [-0.3, -0.25) is 9.69 Å². The Kier molecular flexibility index (Phi) is 4.42. The molecule has 0 saturated carbocycles. The normalized spacial score (nSPS) is 16.6. The zero-order valence-electron chi connectivity index (χ0n) is 13.1. The standard InChI is InChI=1S/C15H18N4O2S/c1-9-7-10(2)17-12(11(9)8-16)22-6-5-19-13(20)15(3,4)18-14(19)21/h7H,5-6H2,1-4H3,(H,18,21). The van der Waals surface area contributed by atoms with E-state index in [0.29, 0.717) is 16.3 Å². The van der Waals surface area contributed by atoms with E-state index in [2.05, 4.69) is 16.4 Å². The number of aryl methyl sites for hydroxylation is 2. The zero-order chi connectivity index (χ0) is 16.5. The van der Waals surface area contributed by atoms with E-state index in [1.54, 1.807) is 13.8 Å². The van der Waals surface area contributed by atoms with Crippen molar-refractivity contribution in [1.82, 2.24) is 15.2 Å². The molecule has 1 aromatic rings. The lowest BCUT2D eigenvalue weighted by Gasteiger charge is -2.15. The van der Waals surface area contributed by atoms with Crippen molar-refractivity contribution in [2.24, 2.45) is 0 Å². The predicted molar refractivity (Wildman–Crippen MR) is 83.5 cm³/mol. The van der Waals surface area contributed by atoms with Gasteiger partial charge in [0.25, 0.3) is 5.91 Å². The summed E-state index contributed by atoms with van der Waals surface area (Å²) in [7, 11) is 0. The minimum atomic E-state index is -0.849. The zero-order valence-corrected chi connectivity index (χ0v) is 13.9. The Bertz CT molecular complexity index is 679. The topological polar surface area (TPSA) is 86.1 Å². The van der Waals surface area contributed by atoms with Gasteiger partial charge in [0.15, 0.2) is 0 Å². The highest BCUT2D eigenvalue weighted by Crippen LogP contribution is 2.24. The van der Waals surface area contributed by atoms with E-state index in [9.17, 15) is 14.9 Å². The first-order chi connectivity index (χ1) is 10.3. The molecule has 0 unspecified atom stereocenters. The molecule has 1 aliphatic rings. The summed E-state index contributed by atoms with van der Waals surface area (Å²) >= 11 is 1.38. The van der Waals surface area contributed by atoms with Crippen LogP contribution in [-0.4, -0.2) is 39.7 Å². The number of amides is 3. The predicted octanol–water partition coefficient (Wildman–Crippen LogP) is 1.99. The average Bonchev–Trinajstić information content (AvgIpc) is 2.60. The molecule has 1 saturated heterocycles. The maximum Gasteiger partial charge on any atom is 0.325 e. The van der Waals surface area contributed by atoms with Gasteiger partial charge in [0.05, 0.1) is 5.56 Å². The van der Waals surface area contributed by atoms with Crippen LogP contribution in [0.3, 0.4) is 0 Å². The van der Waals surface area contributed by atoms with Crippen LogP contribution >= 0.6 is 11.8 Å². The number of nitriles is 1. The fourth-order valence-corrected chi connectivity index (χ4v) is 3.32. The van der Waals surface area contributed by atoms with E-state index in [4.69, 9.17) is 0 Å². The second-order valence-electron chi connectivity index (χ2n) is 5.73. The Morgan fingerprint density at radius 3 is 2.64 bits per heavy atom. The molecular formula is C15H18N4O2S. The molecule has 3 amide bonds. The monoisotopic (exact) mass is 318 g/mol. The number of carbonyl (C=O) groups excluding carboxylic acids is 2. The van der Waals surface area contributed by atoms with E-state index in [-0.39, 0.29) is 18.5 Å². The molecular weight excluding hydrogens is 300 g/mol. The van der Waals surface area contributed by atoms with Crippen molar-refractivity contribution in [2.75, 3.05) is 12.3 Å². The number of nitrogens with one attached hydrogen (secondary N) is 1. The number of imide groups is 1. The van der Waals surface area contributed by atoms with Crippen LogP contribution in [-0.2, 0) is 4.79 Å². The number of aromatic nitrogens is 1. The van der Waals surface area contributed by atoms with E-state index >= 15 is 0 Å². The molecule has 2 heterocycles. The summed E-state index contributed by atoms with van der Waals surface area (Å²) in [6.07, 6.45) is 0. The number of urea groups is 1. The summed E-state index contributed by atoms with van der Waals surface area (Å²) in [6.45, 7) is 7.40. The summed E-state index contributed by atoms with van der Waals surface area (Å²) in [6, 6.07) is 3.65. The lowest BCUT2D eigenvalue weighted by molar-refractivity contribution is -0.130. The highest BCUT2D eigenvalue weighted by Gasteiger charge is 2.43. The second kappa shape index (κ2) is 5.97. The highest BCUT2D eigenvalue weighted by atomic mass is 32.2. The molecule has 1 fully saturated rings. The quantitative estimate of drug-likeness (QED) is 0.678. The number of nitrogens with zero attached hydrogens (tertiary/aromatic N) is 3. The van der Waals surface area contributed by atoms with Crippen molar-refractivity contribution in [3.63, 3.8) is 0 Å². The van der Waals surface area contributed by atoms with Gasteiger partial charge >= 0.3 is 6.03 Å². The van der Waals surface area contributed by atoms with Gasteiger partial charge in [-0.2, -0.15) is 5.26 Å². The van der Waals surface area contributed by atoms with Crippen LogP contribution in [0.1, 0.15) is 30.7 Å². The smallest absolute Gasteiger partial charge is 0.324 e. The molecule has 6 nitrogen and oxygen atoms in total. The van der Waals surface area contributed by atoms with Crippen LogP contribution in [0, 0.1) is 25.2 Å². The first-order valence-electron chi connectivity index (χ1n) is 6.91. The van der Waals surface area contributed by atoms with Crippen LogP contribution in [0.2, 0.25) is 0 Å². The third-order valence-corrected chi connectivity index (χ3v) is 4.38. The van der Waals surface area contributed by atoms with Crippen molar-refractivity contribution < 1.29 is 9.59 Å². The van der Waals surface area contributed by atoms with Crippen LogP contribution in [0.15, 0.2) is 11.1 Å². The van der Waals surface area contributed by atoms with Crippen molar-refractivity contribution in [3.8, 4) is 6.07 Å².